The van der Waals surface area contributed by atoms with Crippen LogP contribution in [0.2, 0.25) is 5.02 Å². The Balaban J connectivity index is 1.75. The van der Waals surface area contributed by atoms with E-state index in [1.807, 2.05) is 24.3 Å². The van der Waals surface area contributed by atoms with Crippen LogP contribution in [0.15, 0.2) is 28.8 Å². The molecule has 1 fully saturated rings. The van der Waals surface area contributed by atoms with Gasteiger partial charge < -0.3 is 9.84 Å². The first-order chi connectivity index (χ1) is 8.83. The molecule has 0 unspecified atom stereocenters. The largest absolute Gasteiger partial charge is 0.339 e. The molecule has 18 heavy (non-hydrogen) atoms. The minimum Gasteiger partial charge on any atom is -0.339 e. The van der Waals surface area contributed by atoms with Crippen molar-refractivity contribution < 1.29 is 4.52 Å². The normalized spacial score (nSPS) is 19.3. The van der Waals surface area contributed by atoms with Crippen molar-refractivity contribution in [3.05, 3.63) is 46.6 Å². The third kappa shape index (κ3) is 2.40. The fraction of sp³-hybridized carbons (Fsp3) is 0.385. The fourth-order valence-corrected chi connectivity index (χ4v) is 2.39. The molecule has 3 rings (SSSR count). The zero-order valence-electron chi connectivity index (χ0n) is 9.90. The van der Waals surface area contributed by atoms with E-state index in [1.54, 1.807) is 0 Å². The summed E-state index contributed by atoms with van der Waals surface area (Å²) >= 11 is 6.11. The van der Waals surface area contributed by atoms with Gasteiger partial charge in [-0.3, -0.25) is 0 Å². The van der Waals surface area contributed by atoms with Gasteiger partial charge in [-0.25, -0.2) is 0 Å². The summed E-state index contributed by atoms with van der Waals surface area (Å²) in [4.78, 5) is 4.45. The first-order valence-electron chi connectivity index (χ1n) is 6.09. The van der Waals surface area contributed by atoms with E-state index in [2.05, 4.69) is 15.5 Å². The maximum atomic E-state index is 6.11. The lowest BCUT2D eigenvalue weighted by atomic mass is 10.1. The lowest BCUT2D eigenvalue weighted by Gasteiger charge is -2.00. The fourth-order valence-electron chi connectivity index (χ4n) is 2.18. The predicted molar refractivity (Wildman–Crippen MR) is 68.8 cm³/mol. The van der Waals surface area contributed by atoms with E-state index in [1.165, 1.54) is 0 Å². The number of hydrogen-bond acceptors (Lipinski definition) is 4. The lowest BCUT2D eigenvalue weighted by Crippen LogP contribution is -2.08. The maximum absolute atomic E-state index is 6.11. The highest BCUT2D eigenvalue weighted by atomic mass is 35.5. The number of nitrogens with zero attached hydrogens (tertiary/aromatic N) is 2. The summed E-state index contributed by atoms with van der Waals surface area (Å²) < 4.78 is 5.32. The zero-order valence-corrected chi connectivity index (χ0v) is 10.7. The van der Waals surface area contributed by atoms with Gasteiger partial charge in [0.25, 0.3) is 0 Å². The molecule has 1 atom stereocenters. The van der Waals surface area contributed by atoms with Gasteiger partial charge in [0.2, 0.25) is 5.89 Å². The molecule has 0 spiro atoms. The van der Waals surface area contributed by atoms with Crippen LogP contribution in [0, 0.1) is 0 Å². The number of aromatic nitrogens is 2. The van der Waals surface area contributed by atoms with Crippen molar-refractivity contribution in [1.29, 1.82) is 0 Å². The van der Waals surface area contributed by atoms with Gasteiger partial charge in [-0.15, -0.1) is 0 Å². The van der Waals surface area contributed by atoms with Crippen LogP contribution < -0.4 is 5.32 Å². The highest BCUT2D eigenvalue weighted by Crippen LogP contribution is 2.22. The maximum Gasteiger partial charge on any atom is 0.231 e. The van der Waals surface area contributed by atoms with Gasteiger partial charge in [-0.2, -0.15) is 4.98 Å². The molecule has 1 saturated heterocycles. The second-order valence-electron chi connectivity index (χ2n) is 4.51. The first kappa shape index (κ1) is 11.7. The Labute approximate surface area is 110 Å². The number of halogens is 1. The van der Waals surface area contributed by atoms with Gasteiger partial charge in [0.05, 0.1) is 5.92 Å². The van der Waals surface area contributed by atoms with Crippen LogP contribution in [0.4, 0.5) is 0 Å². The van der Waals surface area contributed by atoms with Crippen molar-refractivity contribution >= 4 is 11.6 Å². The smallest absolute Gasteiger partial charge is 0.231 e. The van der Waals surface area contributed by atoms with Crippen molar-refractivity contribution in [1.82, 2.24) is 15.5 Å². The van der Waals surface area contributed by atoms with Gasteiger partial charge in [0.1, 0.15) is 0 Å². The summed E-state index contributed by atoms with van der Waals surface area (Å²) in [5.74, 6) is 1.80. The zero-order chi connectivity index (χ0) is 12.4. The van der Waals surface area contributed by atoms with E-state index in [-0.39, 0.29) is 0 Å². The first-order valence-corrected chi connectivity index (χ1v) is 6.47. The molecule has 1 N–H and O–H groups in total. The Kier molecular flexibility index (Phi) is 3.30. The molecule has 1 aromatic carbocycles. The SMILES string of the molecule is Clc1ccccc1Cc1noc([C@H]2CCNC2)n1. The van der Waals surface area contributed by atoms with E-state index in [0.29, 0.717) is 18.2 Å². The van der Waals surface area contributed by atoms with Crippen molar-refractivity contribution in [2.45, 2.75) is 18.8 Å². The molecule has 94 valence electrons. The van der Waals surface area contributed by atoms with Crippen molar-refractivity contribution in [3.8, 4) is 0 Å². The molecule has 2 heterocycles. The quantitative estimate of drug-likeness (QED) is 0.924. The van der Waals surface area contributed by atoms with Crippen molar-refractivity contribution in [2.75, 3.05) is 13.1 Å². The lowest BCUT2D eigenvalue weighted by molar-refractivity contribution is 0.355. The Morgan fingerprint density at radius 3 is 3.06 bits per heavy atom. The molecule has 2 aromatic rings. The van der Waals surface area contributed by atoms with Gasteiger partial charge in [0.15, 0.2) is 5.82 Å². The molecular formula is C13H14ClN3O. The monoisotopic (exact) mass is 263 g/mol. The highest BCUT2D eigenvalue weighted by molar-refractivity contribution is 6.31. The van der Waals surface area contributed by atoms with E-state index in [4.69, 9.17) is 16.1 Å². The van der Waals surface area contributed by atoms with E-state index < -0.39 is 0 Å². The van der Waals surface area contributed by atoms with Gasteiger partial charge in [-0.05, 0) is 24.6 Å². The van der Waals surface area contributed by atoms with Gasteiger partial charge in [0, 0.05) is 18.0 Å². The molecule has 1 aliphatic rings. The molecule has 0 aliphatic carbocycles. The third-order valence-electron chi connectivity index (χ3n) is 3.20. The van der Waals surface area contributed by atoms with Crippen LogP contribution in [0.3, 0.4) is 0 Å². The molecule has 0 radical (unpaired) electrons. The number of nitrogens with one attached hydrogen (secondary N) is 1. The Morgan fingerprint density at radius 2 is 2.28 bits per heavy atom. The average molecular weight is 264 g/mol. The molecule has 4 nitrogen and oxygen atoms in total. The van der Waals surface area contributed by atoms with Crippen molar-refractivity contribution in [2.24, 2.45) is 0 Å². The third-order valence-corrected chi connectivity index (χ3v) is 3.57. The topological polar surface area (TPSA) is 51.0 Å². The van der Waals surface area contributed by atoms with Crippen LogP contribution in [0.1, 0.15) is 29.6 Å². The van der Waals surface area contributed by atoms with Crippen LogP contribution in [-0.2, 0) is 6.42 Å². The number of hydrogen-bond donors (Lipinski definition) is 1. The van der Waals surface area contributed by atoms with Crippen molar-refractivity contribution in [3.63, 3.8) is 0 Å². The molecule has 0 bridgehead atoms. The predicted octanol–water partition coefficient (Wildman–Crippen LogP) is 2.39. The summed E-state index contributed by atoms with van der Waals surface area (Å²) in [5, 5.41) is 8.06. The minimum absolute atomic E-state index is 0.359. The van der Waals surface area contributed by atoms with Gasteiger partial charge >= 0.3 is 0 Å². The second-order valence-corrected chi connectivity index (χ2v) is 4.91. The summed E-state index contributed by atoms with van der Waals surface area (Å²) in [6, 6.07) is 7.73. The Morgan fingerprint density at radius 1 is 1.39 bits per heavy atom. The second kappa shape index (κ2) is 5.08. The number of benzene rings is 1. The molecule has 1 aliphatic heterocycles. The van der Waals surface area contributed by atoms with Crippen LogP contribution >= 0.6 is 11.6 Å². The van der Waals surface area contributed by atoms with Crippen LogP contribution in [0.25, 0.3) is 0 Å². The molecule has 1 aromatic heterocycles. The van der Waals surface area contributed by atoms with Crippen LogP contribution in [0.5, 0.6) is 0 Å². The standard InChI is InChI=1S/C13H14ClN3O/c14-11-4-2-1-3-9(11)7-12-16-13(18-17-12)10-5-6-15-8-10/h1-4,10,15H,5-8H2/t10-/m0/s1. The number of rotatable bonds is 3. The van der Waals surface area contributed by atoms with Gasteiger partial charge in [-0.1, -0.05) is 35.0 Å². The summed E-state index contributed by atoms with van der Waals surface area (Å²) in [6.45, 7) is 1.95. The van der Waals surface area contributed by atoms with E-state index in [9.17, 15) is 0 Å². The van der Waals surface area contributed by atoms with E-state index >= 15 is 0 Å². The molecule has 0 amide bonds. The molecule has 5 heteroatoms. The highest BCUT2D eigenvalue weighted by Gasteiger charge is 2.22. The Hall–Kier alpha value is -1.39. The average Bonchev–Trinajstić information content (AvgIpc) is 3.02. The molecule has 0 saturated carbocycles. The Bertz CT molecular complexity index is 535. The summed E-state index contributed by atoms with van der Waals surface area (Å²) in [5.41, 5.74) is 1.02. The summed E-state index contributed by atoms with van der Waals surface area (Å²) in [7, 11) is 0. The van der Waals surface area contributed by atoms with Crippen LogP contribution in [-0.4, -0.2) is 23.2 Å². The van der Waals surface area contributed by atoms with E-state index in [0.717, 1.165) is 36.0 Å². The minimum atomic E-state index is 0.359. The summed E-state index contributed by atoms with van der Waals surface area (Å²) in [6.07, 6.45) is 1.68. The molecular weight excluding hydrogens is 250 g/mol.